The Balaban J connectivity index is 2.06. The van der Waals surface area contributed by atoms with Gasteiger partial charge in [-0.15, -0.1) is 11.3 Å². The number of aromatic nitrogens is 3. The molecule has 0 aliphatic heterocycles. The molecule has 4 rings (SSSR count). The number of hydrogen-bond acceptors (Lipinski definition) is 5. The number of pyridine rings is 1. The summed E-state index contributed by atoms with van der Waals surface area (Å²) in [7, 11) is 0. The van der Waals surface area contributed by atoms with Crippen LogP contribution in [0.5, 0.6) is 0 Å². The normalized spacial score (nSPS) is 17.8. The van der Waals surface area contributed by atoms with Crippen LogP contribution in [0.3, 0.4) is 0 Å². The van der Waals surface area contributed by atoms with Gasteiger partial charge in [0, 0.05) is 22.8 Å². The first-order valence-electron chi connectivity index (χ1n) is 8.67. The molecule has 3 heterocycles. The second-order valence-electron chi connectivity index (χ2n) is 6.89. The Bertz CT molecular complexity index is 1060. The van der Waals surface area contributed by atoms with E-state index in [1.54, 1.807) is 35.9 Å². The summed E-state index contributed by atoms with van der Waals surface area (Å²) in [5.41, 5.74) is 1.49. The molecule has 0 saturated carbocycles. The van der Waals surface area contributed by atoms with Crippen molar-refractivity contribution in [3.8, 4) is 11.4 Å². The molecule has 3 aromatic rings. The molecule has 1 aliphatic carbocycles. The van der Waals surface area contributed by atoms with Crippen molar-refractivity contribution in [3.05, 3.63) is 45.3 Å². The van der Waals surface area contributed by atoms with Crippen molar-refractivity contribution >= 4 is 27.5 Å². The summed E-state index contributed by atoms with van der Waals surface area (Å²) in [6.07, 6.45) is 6.07. The van der Waals surface area contributed by atoms with Gasteiger partial charge in [-0.25, -0.2) is 9.78 Å². The average Bonchev–Trinajstić information content (AvgIpc) is 2.99. The van der Waals surface area contributed by atoms with E-state index < -0.39 is 12.0 Å². The summed E-state index contributed by atoms with van der Waals surface area (Å²) >= 11 is 1.57. The lowest BCUT2D eigenvalue weighted by Crippen LogP contribution is -2.30. The molecule has 7 heteroatoms. The number of fused-ring (bicyclic) bond motifs is 3. The smallest absolute Gasteiger partial charge is 0.326 e. The second-order valence-corrected chi connectivity index (χ2v) is 7.98. The van der Waals surface area contributed by atoms with E-state index >= 15 is 0 Å². The molecule has 0 bridgehead atoms. The van der Waals surface area contributed by atoms with Crippen LogP contribution in [0.2, 0.25) is 0 Å². The van der Waals surface area contributed by atoms with Gasteiger partial charge in [0.15, 0.2) is 0 Å². The Labute approximate surface area is 154 Å². The van der Waals surface area contributed by atoms with Gasteiger partial charge in [0.2, 0.25) is 0 Å². The number of thiophene rings is 1. The fourth-order valence-electron chi connectivity index (χ4n) is 3.58. The van der Waals surface area contributed by atoms with Gasteiger partial charge in [0.05, 0.1) is 5.39 Å². The van der Waals surface area contributed by atoms with E-state index in [1.165, 1.54) is 16.4 Å². The minimum Gasteiger partial charge on any atom is -0.480 e. The van der Waals surface area contributed by atoms with Crippen molar-refractivity contribution in [2.75, 3.05) is 0 Å². The first kappa shape index (κ1) is 16.9. The predicted molar refractivity (Wildman–Crippen MR) is 101 cm³/mol. The van der Waals surface area contributed by atoms with Gasteiger partial charge in [0.25, 0.3) is 5.56 Å². The number of aliphatic carboxylic acids is 1. The zero-order valence-electron chi connectivity index (χ0n) is 14.6. The van der Waals surface area contributed by atoms with E-state index in [9.17, 15) is 14.7 Å². The van der Waals surface area contributed by atoms with Crippen molar-refractivity contribution in [1.82, 2.24) is 14.5 Å². The molecular weight excluding hydrogens is 350 g/mol. The zero-order chi connectivity index (χ0) is 18.4. The van der Waals surface area contributed by atoms with Gasteiger partial charge in [-0.05, 0) is 49.8 Å². The lowest BCUT2D eigenvalue weighted by molar-refractivity contribution is -0.140. The number of hydrogen-bond donors (Lipinski definition) is 1. The Kier molecular flexibility index (Phi) is 4.11. The fourth-order valence-corrected chi connectivity index (χ4v) is 4.95. The molecule has 2 unspecified atom stereocenters. The van der Waals surface area contributed by atoms with Gasteiger partial charge >= 0.3 is 5.97 Å². The van der Waals surface area contributed by atoms with Crippen molar-refractivity contribution in [1.29, 1.82) is 0 Å². The Morgan fingerprint density at radius 3 is 2.81 bits per heavy atom. The molecule has 6 nitrogen and oxygen atoms in total. The van der Waals surface area contributed by atoms with Crippen molar-refractivity contribution in [3.63, 3.8) is 0 Å². The summed E-state index contributed by atoms with van der Waals surface area (Å²) in [5.74, 6) is -0.0804. The van der Waals surface area contributed by atoms with Gasteiger partial charge in [-0.2, -0.15) is 0 Å². The van der Waals surface area contributed by atoms with E-state index in [1.807, 2.05) is 0 Å². The van der Waals surface area contributed by atoms with Crippen LogP contribution in [0.1, 0.15) is 36.8 Å². The molecule has 0 fully saturated rings. The molecule has 134 valence electrons. The van der Waals surface area contributed by atoms with Crippen LogP contribution in [0.15, 0.2) is 29.3 Å². The fraction of sp³-hybridized carbons (Fsp3) is 0.368. The quantitative estimate of drug-likeness (QED) is 0.766. The predicted octanol–water partition coefficient (Wildman–Crippen LogP) is 3.29. The lowest BCUT2D eigenvalue weighted by Gasteiger charge is -2.18. The number of carbonyl (C=O) groups is 1. The Hall–Kier alpha value is -2.54. The SMILES string of the molecule is CC1CCc2c(sc3nc(-c4ccncc4)n(C(C)C(=O)O)c(=O)c23)C1. The summed E-state index contributed by atoms with van der Waals surface area (Å²) in [6, 6.07) is 2.49. The standard InChI is InChI=1S/C19H19N3O3S/c1-10-3-4-13-14(9-10)26-17-15(13)18(23)22(11(2)19(24)25)16(21-17)12-5-7-20-8-6-12/h5-8,10-11H,3-4,9H2,1-2H3,(H,24,25). The van der Waals surface area contributed by atoms with Gasteiger partial charge in [-0.1, -0.05) is 6.92 Å². The first-order chi connectivity index (χ1) is 12.5. The maximum atomic E-state index is 13.3. The van der Waals surface area contributed by atoms with Crippen molar-refractivity contribution in [2.45, 2.75) is 39.2 Å². The van der Waals surface area contributed by atoms with Crippen LogP contribution in [0.4, 0.5) is 0 Å². The third-order valence-corrected chi connectivity index (χ3v) is 6.19. The number of nitrogens with zero attached hydrogens (tertiary/aromatic N) is 3. The van der Waals surface area contributed by atoms with Gasteiger partial charge in [0.1, 0.15) is 16.7 Å². The highest BCUT2D eigenvalue weighted by Gasteiger charge is 2.27. The van der Waals surface area contributed by atoms with Crippen LogP contribution in [0.25, 0.3) is 21.6 Å². The maximum Gasteiger partial charge on any atom is 0.326 e. The summed E-state index contributed by atoms with van der Waals surface area (Å²) in [5, 5.41) is 10.1. The number of carboxylic acids is 1. The minimum atomic E-state index is -1.05. The summed E-state index contributed by atoms with van der Waals surface area (Å²) in [6.45, 7) is 3.73. The summed E-state index contributed by atoms with van der Waals surface area (Å²) < 4.78 is 1.31. The highest BCUT2D eigenvalue weighted by Crippen LogP contribution is 2.37. The summed E-state index contributed by atoms with van der Waals surface area (Å²) in [4.78, 5) is 35.6. The van der Waals surface area contributed by atoms with Gasteiger partial charge < -0.3 is 5.11 Å². The van der Waals surface area contributed by atoms with E-state index in [-0.39, 0.29) is 5.56 Å². The van der Waals surface area contributed by atoms with E-state index in [4.69, 9.17) is 4.98 Å². The van der Waals surface area contributed by atoms with E-state index in [2.05, 4.69) is 11.9 Å². The molecule has 1 aliphatic rings. The maximum absolute atomic E-state index is 13.3. The Morgan fingerprint density at radius 2 is 2.12 bits per heavy atom. The average molecular weight is 369 g/mol. The number of carboxylic acid groups (broad SMARTS) is 1. The molecule has 0 radical (unpaired) electrons. The van der Waals surface area contributed by atoms with Crippen LogP contribution < -0.4 is 5.56 Å². The molecule has 3 aromatic heterocycles. The van der Waals surface area contributed by atoms with Gasteiger partial charge in [-0.3, -0.25) is 14.3 Å². The van der Waals surface area contributed by atoms with Crippen LogP contribution in [-0.4, -0.2) is 25.6 Å². The van der Waals surface area contributed by atoms with E-state index in [0.29, 0.717) is 27.5 Å². The minimum absolute atomic E-state index is 0.260. The zero-order valence-corrected chi connectivity index (χ0v) is 15.4. The molecule has 1 N–H and O–H groups in total. The highest BCUT2D eigenvalue weighted by atomic mass is 32.1. The van der Waals surface area contributed by atoms with Crippen molar-refractivity contribution in [2.24, 2.45) is 5.92 Å². The van der Waals surface area contributed by atoms with Crippen LogP contribution >= 0.6 is 11.3 Å². The third-order valence-electron chi connectivity index (χ3n) is 5.04. The molecule has 0 aromatic carbocycles. The van der Waals surface area contributed by atoms with Crippen molar-refractivity contribution < 1.29 is 9.90 Å². The molecule has 0 spiro atoms. The molecule has 0 amide bonds. The molecular formula is C19H19N3O3S. The van der Waals surface area contributed by atoms with Crippen LogP contribution in [0, 0.1) is 5.92 Å². The topological polar surface area (TPSA) is 85.1 Å². The highest BCUT2D eigenvalue weighted by molar-refractivity contribution is 7.18. The second kappa shape index (κ2) is 6.32. The monoisotopic (exact) mass is 369 g/mol. The van der Waals surface area contributed by atoms with Crippen LogP contribution in [-0.2, 0) is 17.6 Å². The molecule has 2 atom stereocenters. The molecule has 0 saturated heterocycles. The largest absolute Gasteiger partial charge is 0.480 e. The Morgan fingerprint density at radius 1 is 1.38 bits per heavy atom. The number of aryl methyl sites for hydroxylation is 1. The lowest BCUT2D eigenvalue weighted by atomic mass is 9.89. The first-order valence-corrected chi connectivity index (χ1v) is 9.49. The third kappa shape index (κ3) is 2.63. The number of rotatable bonds is 3. The van der Waals surface area contributed by atoms with E-state index in [0.717, 1.165) is 24.8 Å². The molecule has 26 heavy (non-hydrogen) atoms.